The summed E-state index contributed by atoms with van der Waals surface area (Å²) in [5.74, 6) is 0. The van der Waals surface area contributed by atoms with Gasteiger partial charge >= 0.3 is 0 Å². The normalized spacial score (nSPS) is 12.0. The Labute approximate surface area is 289 Å². The second-order valence-electron chi connectivity index (χ2n) is 13.1. The molecule has 0 amide bonds. The molecule has 2 aromatic heterocycles. The molecule has 0 fully saturated rings. The van der Waals surface area contributed by atoms with Gasteiger partial charge in [-0.1, -0.05) is 128 Å². The molecule has 0 aliphatic carbocycles. The van der Waals surface area contributed by atoms with Gasteiger partial charge in [-0.2, -0.15) is 0 Å². The molecule has 0 saturated carbocycles. The van der Waals surface area contributed by atoms with E-state index in [1.165, 1.54) is 81.9 Å². The van der Waals surface area contributed by atoms with Crippen molar-refractivity contribution in [3.8, 4) is 27.9 Å². The molecule has 50 heavy (non-hydrogen) atoms. The van der Waals surface area contributed by atoms with Crippen LogP contribution >= 0.6 is 0 Å². The van der Waals surface area contributed by atoms with Crippen LogP contribution in [0.4, 0.5) is 0 Å². The van der Waals surface area contributed by atoms with Crippen LogP contribution in [0.25, 0.3) is 99.2 Å². The van der Waals surface area contributed by atoms with E-state index in [2.05, 4.69) is 180 Å². The van der Waals surface area contributed by atoms with Gasteiger partial charge in [0.25, 0.3) is 0 Å². The lowest BCUT2D eigenvalue weighted by Crippen LogP contribution is -1.95. The molecule has 2 nitrogen and oxygen atoms in total. The van der Waals surface area contributed by atoms with Crippen LogP contribution in [0, 0.1) is 0 Å². The third-order valence-corrected chi connectivity index (χ3v) is 10.2. The predicted molar refractivity (Wildman–Crippen MR) is 215 cm³/mol. The summed E-state index contributed by atoms with van der Waals surface area (Å²) in [5.41, 5.74) is 11.8. The highest BCUT2D eigenvalue weighted by molar-refractivity contribution is 6.24. The molecule has 10 rings (SSSR count). The van der Waals surface area contributed by atoms with E-state index in [4.69, 9.17) is 0 Å². The maximum absolute atomic E-state index is 3.98. The predicted octanol–water partition coefficient (Wildman–Crippen LogP) is 13.3. The molecule has 0 aliphatic rings. The molecule has 2 heteroatoms. The Kier molecular flexibility index (Phi) is 6.37. The van der Waals surface area contributed by atoms with E-state index in [9.17, 15) is 0 Å². The highest BCUT2D eigenvalue weighted by Crippen LogP contribution is 2.43. The number of para-hydroxylation sites is 2. The van der Waals surface area contributed by atoms with E-state index in [0.717, 1.165) is 16.7 Å². The molecule has 8 aromatic carbocycles. The zero-order chi connectivity index (χ0) is 33.2. The van der Waals surface area contributed by atoms with Crippen LogP contribution in [0.1, 0.15) is 5.56 Å². The maximum Gasteiger partial charge on any atom is 0.0553 e. The van der Waals surface area contributed by atoms with Crippen molar-refractivity contribution in [3.05, 3.63) is 182 Å². The van der Waals surface area contributed by atoms with Gasteiger partial charge in [-0.25, -0.2) is 0 Å². The van der Waals surface area contributed by atoms with Crippen LogP contribution < -0.4 is 0 Å². The lowest BCUT2D eigenvalue weighted by atomic mass is 9.91. The van der Waals surface area contributed by atoms with Crippen LogP contribution in [0.15, 0.2) is 176 Å². The van der Waals surface area contributed by atoms with Gasteiger partial charge in [0.1, 0.15) is 0 Å². The van der Waals surface area contributed by atoms with E-state index in [0.29, 0.717) is 0 Å². The van der Waals surface area contributed by atoms with Crippen LogP contribution in [0.5, 0.6) is 0 Å². The largest absolute Gasteiger partial charge is 0.354 e. The first-order valence-corrected chi connectivity index (χ1v) is 17.1. The van der Waals surface area contributed by atoms with Gasteiger partial charge in [-0.05, 0) is 104 Å². The summed E-state index contributed by atoms with van der Waals surface area (Å²) in [6, 6.07) is 57.6. The fourth-order valence-corrected chi connectivity index (χ4v) is 7.98. The van der Waals surface area contributed by atoms with Crippen molar-refractivity contribution in [3.63, 3.8) is 0 Å². The number of fused-ring (bicyclic) bond motifs is 9. The fourth-order valence-electron chi connectivity index (χ4n) is 7.98. The lowest BCUT2D eigenvalue weighted by molar-refractivity contribution is 1.18. The third kappa shape index (κ3) is 4.36. The van der Waals surface area contributed by atoms with Crippen molar-refractivity contribution >= 4 is 71.2 Å². The van der Waals surface area contributed by atoms with Gasteiger partial charge in [-0.15, -0.1) is 0 Å². The number of aromatic nitrogens is 2. The average molecular weight is 637 g/mol. The minimum absolute atomic E-state index is 1.15. The molecular formula is C48H32N2. The van der Waals surface area contributed by atoms with E-state index in [1.54, 1.807) is 0 Å². The maximum atomic E-state index is 3.98. The highest BCUT2D eigenvalue weighted by atomic mass is 15.0. The Morgan fingerprint density at radius 2 is 1.18 bits per heavy atom. The van der Waals surface area contributed by atoms with Crippen molar-refractivity contribution in [1.82, 2.24) is 9.55 Å². The molecule has 234 valence electrons. The molecule has 0 radical (unpaired) electrons. The summed E-state index contributed by atoms with van der Waals surface area (Å²) in [5, 5.41) is 9.94. The van der Waals surface area contributed by atoms with Gasteiger partial charge in [0.05, 0.1) is 11.0 Å². The van der Waals surface area contributed by atoms with Gasteiger partial charge in [0.15, 0.2) is 0 Å². The van der Waals surface area contributed by atoms with Crippen molar-refractivity contribution in [1.29, 1.82) is 0 Å². The minimum atomic E-state index is 1.15. The molecule has 1 N–H and O–H groups in total. The molecule has 0 saturated heterocycles. The minimum Gasteiger partial charge on any atom is -0.354 e. The summed E-state index contributed by atoms with van der Waals surface area (Å²) in [6.45, 7) is 3.98. The van der Waals surface area contributed by atoms with Gasteiger partial charge in [0.2, 0.25) is 0 Å². The van der Waals surface area contributed by atoms with Crippen LogP contribution in [0.2, 0.25) is 0 Å². The molecule has 0 atom stereocenters. The van der Waals surface area contributed by atoms with Crippen LogP contribution in [0.3, 0.4) is 0 Å². The number of allylic oxidation sites excluding steroid dienone is 2. The number of rotatable bonds is 5. The SMILES string of the molecule is C=C/C=C\c1cc(-c2cc3c(c4ccccc24)c2ccccc2n3-c2ccc(-c3ccccc3)cc2)cc2cc3c(cc12)[nH]c1ccccc13. The van der Waals surface area contributed by atoms with Gasteiger partial charge < -0.3 is 9.55 Å². The first-order chi connectivity index (χ1) is 24.7. The number of hydrogen-bond donors (Lipinski definition) is 1. The first-order valence-electron chi connectivity index (χ1n) is 17.1. The number of hydrogen-bond acceptors (Lipinski definition) is 0. The summed E-state index contributed by atoms with van der Waals surface area (Å²) in [7, 11) is 0. The number of aromatic amines is 1. The van der Waals surface area contributed by atoms with E-state index < -0.39 is 0 Å². The Hall–Kier alpha value is -6.64. The highest BCUT2D eigenvalue weighted by Gasteiger charge is 2.19. The Morgan fingerprint density at radius 3 is 2.00 bits per heavy atom. The van der Waals surface area contributed by atoms with Crippen molar-refractivity contribution in [2.45, 2.75) is 0 Å². The van der Waals surface area contributed by atoms with Crippen molar-refractivity contribution in [2.24, 2.45) is 0 Å². The molecular weight excluding hydrogens is 605 g/mol. The van der Waals surface area contributed by atoms with Gasteiger partial charge in [0, 0.05) is 38.3 Å². The number of nitrogens with one attached hydrogen (secondary N) is 1. The summed E-state index contributed by atoms with van der Waals surface area (Å²) in [6.07, 6.45) is 6.06. The lowest BCUT2D eigenvalue weighted by Gasteiger charge is -2.14. The molecule has 0 bridgehead atoms. The first kappa shape index (κ1) is 28.4. The smallest absolute Gasteiger partial charge is 0.0553 e. The van der Waals surface area contributed by atoms with E-state index in [1.807, 2.05) is 12.2 Å². The molecule has 10 aromatic rings. The summed E-state index contributed by atoms with van der Waals surface area (Å²) < 4.78 is 2.43. The van der Waals surface area contributed by atoms with Crippen LogP contribution in [-0.4, -0.2) is 9.55 Å². The molecule has 2 heterocycles. The zero-order valence-corrected chi connectivity index (χ0v) is 27.4. The molecule has 0 aliphatic heterocycles. The van der Waals surface area contributed by atoms with E-state index >= 15 is 0 Å². The Morgan fingerprint density at radius 1 is 0.480 bits per heavy atom. The Bertz CT molecular complexity index is 2970. The number of H-pyrrole nitrogens is 1. The van der Waals surface area contributed by atoms with Crippen molar-refractivity contribution in [2.75, 3.05) is 0 Å². The fraction of sp³-hybridized carbons (Fsp3) is 0. The second kappa shape index (κ2) is 11.2. The number of benzene rings is 8. The monoisotopic (exact) mass is 636 g/mol. The topological polar surface area (TPSA) is 20.7 Å². The molecule has 0 unspecified atom stereocenters. The summed E-state index contributed by atoms with van der Waals surface area (Å²) >= 11 is 0. The Balaban J connectivity index is 1.27. The standard InChI is InChI=1S/C48H32N2/c1-2-3-13-33-26-34(27-35-28-43-38-17-9-11-20-44(38)49-45(43)29-41(33)35)42-30-47-48(39-18-8-7-16-37(39)42)40-19-10-12-21-46(40)50(47)36-24-22-32(23-25-36)31-14-5-4-6-15-31/h2-30,49H,1H2/b13-3-. The zero-order valence-electron chi connectivity index (χ0n) is 27.4. The molecule has 0 spiro atoms. The quantitative estimate of drug-likeness (QED) is 0.182. The van der Waals surface area contributed by atoms with Gasteiger partial charge in [-0.3, -0.25) is 0 Å². The second-order valence-corrected chi connectivity index (χ2v) is 13.1. The van der Waals surface area contributed by atoms with Crippen molar-refractivity contribution < 1.29 is 0 Å². The third-order valence-electron chi connectivity index (χ3n) is 10.2. The average Bonchev–Trinajstić information content (AvgIpc) is 3.71. The van der Waals surface area contributed by atoms with E-state index in [-0.39, 0.29) is 0 Å². The van der Waals surface area contributed by atoms with Crippen LogP contribution in [-0.2, 0) is 0 Å². The summed E-state index contributed by atoms with van der Waals surface area (Å²) in [4.78, 5) is 3.64. The number of nitrogens with zero attached hydrogens (tertiary/aromatic N) is 1.